The minimum Gasteiger partial charge on any atom is -0.351 e. The second kappa shape index (κ2) is 7.00. The topological polar surface area (TPSA) is 29.1 Å². The van der Waals surface area contributed by atoms with Crippen LogP contribution in [-0.2, 0) is 4.79 Å². The van der Waals surface area contributed by atoms with Gasteiger partial charge in [-0.15, -0.1) is 0 Å². The highest BCUT2D eigenvalue weighted by Crippen LogP contribution is 2.72. The molecule has 5 aliphatic rings. The standard InChI is InChI=1S/C22H37NO/c24-20(14-18-10-6-2-1-3-7-11-18)23-22-15-21(16-22,17-22)19-12-8-4-5-9-13-19/h18-19H,1-17H2,(H,23,24). The van der Waals surface area contributed by atoms with Gasteiger partial charge in [0, 0.05) is 12.0 Å². The van der Waals surface area contributed by atoms with Crippen LogP contribution in [0.1, 0.15) is 109 Å². The third kappa shape index (κ3) is 3.40. The maximum absolute atomic E-state index is 12.6. The first-order chi connectivity index (χ1) is 11.7. The second-order valence-electron chi connectivity index (χ2n) is 9.82. The molecule has 0 spiro atoms. The Morgan fingerprint density at radius 1 is 0.750 bits per heavy atom. The van der Waals surface area contributed by atoms with Gasteiger partial charge in [0.2, 0.25) is 5.91 Å². The number of carbonyl (C=O) groups excluding carboxylic acids is 1. The quantitative estimate of drug-likeness (QED) is 0.653. The van der Waals surface area contributed by atoms with Gasteiger partial charge in [-0.05, 0) is 62.2 Å². The van der Waals surface area contributed by atoms with Crippen LogP contribution in [0, 0.1) is 17.3 Å². The lowest BCUT2D eigenvalue weighted by Gasteiger charge is -2.73. The van der Waals surface area contributed by atoms with Gasteiger partial charge in [0.05, 0.1) is 0 Å². The van der Waals surface area contributed by atoms with Crippen LogP contribution < -0.4 is 5.32 Å². The predicted molar refractivity (Wildman–Crippen MR) is 98.8 cm³/mol. The Hall–Kier alpha value is -0.530. The van der Waals surface area contributed by atoms with E-state index in [-0.39, 0.29) is 5.54 Å². The Balaban J connectivity index is 1.22. The zero-order chi connectivity index (χ0) is 16.5. The summed E-state index contributed by atoms with van der Waals surface area (Å²) in [5, 5.41) is 3.48. The summed E-state index contributed by atoms with van der Waals surface area (Å²) in [4.78, 5) is 12.6. The average Bonchev–Trinajstić information content (AvgIpc) is 2.73. The van der Waals surface area contributed by atoms with Crippen molar-refractivity contribution in [3.63, 3.8) is 0 Å². The van der Waals surface area contributed by atoms with E-state index in [1.165, 1.54) is 103 Å². The van der Waals surface area contributed by atoms with Crippen LogP contribution in [-0.4, -0.2) is 11.4 Å². The van der Waals surface area contributed by atoms with E-state index in [0.717, 1.165) is 12.3 Å². The number of amides is 1. The molecule has 0 radical (unpaired) electrons. The summed E-state index contributed by atoms with van der Waals surface area (Å²) in [7, 11) is 0. The Morgan fingerprint density at radius 3 is 1.83 bits per heavy atom. The highest BCUT2D eigenvalue weighted by Gasteiger charge is 2.70. The fraction of sp³-hybridized carbons (Fsp3) is 0.955. The van der Waals surface area contributed by atoms with E-state index in [9.17, 15) is 4.79 Å². The summed E-state index contributed by atoms with van der Waals surface area (Å²) in [5.74, 6) is 2.01. The van der Waals surface area contributed by atoms with E-state index in [0.29, 0.717) is 17.2 Å². The van der Waals surface area contributed by atoms with Gasteiger partial charge in [-0.2, -0.15) is 0 Å². The van der Waals surface area contributed by atoms with Gasteiger partial charge in [0.25, 0.3) is 0 Å². The molecule has 1 N–H and O–H groups in total. The van der Waals surface area contributed by atoms with Crippen molar-refractivity contribution in [1.82, 2.24) is 5.32 Å². The van der Waals surface area contributed by atoms with Crippen molar-refractivity contribution < 1.29 is 4.79 Å². The van der Waals surface area contributed by atoms with Crippen molar-refractivity contribution in [2.45, 2.75) is 115 Å². The van der Waals surface area contributed by atoms with Gasteiger partial charge in [0.1, 0.15) is 0 Å². The van der Waals surface area contributed by atoms with Crippen molar-refractivity contribution in [2.24, 2.45) is 17.3 Å². The molecule has 2 heteroatoms. The summed E-state index contributed by atoms with van der Waals surface area (Å²) < 4.78 is 0. The molecule has 0 aromatic heterocycles. The van der Waals surface area contributed by atoms with E-state index in [1.807, 2.05) is 0 Å². The van der Waals surface area contributed by atoms with Crippen molar-refractivity contribution in [2.75, 3.05) is 0 Å². The number of carbonyl (C=O) groups is 1. The van der Waals surface area contributed by atoms with E-state index in [4.69, 9.17) is 0 Å². The minimum absolute atomic E-state index is 0.241. The lowest BCUT2D eigenvalue weighted by molar-refractivity contribution is -0.196. The van der Waals surface area contributed by atoms with Crippen molar-refractivity contribution in [3.8, 4) is 0 Å². The van der Waals surface area contributed by atoms with E-state index < -0.39 is 0 Å². The van der Waals surface area contributed by atoms with Crippen LogP contribution in [0.3, 0.4) is 0 Å². The normalized spacial score (nSPS) is 38.2. The van der Waals surface area contributed by atoms with Crippen LogP contribution in [0.4, 0.5) is 0 Å². The van der Waals surface area contributed by atoms with Crippen LogP contribution in [0.5, 0.6) is 0 Å². The molecule has 136 valence electrons. The lowest BCUT2D eigenvalue weighted by Crippen LogP contribution is -2.76. The second-order valence-corrected chi connectivity index (χ2v) is 9.82. The molecule has 0 unspecified atom stereocenters. The molecule has 0 heterocycles. The molecule has 0 aromatic carbocycles. The van der Waals surface area contributed by atoms with Crippen LogP contribution >= 0.6 is 0 Å². The number of hydrogen-bond donors (Lipinski definition) is 1. The third-order valence-electron chi connectivity index (χ3n) is 7.90. The Labute approximate surface area is 148 Å². The molecule has 0 saturated heterocycles. The molecular formula is C22H37NO. The van der Waals surface area contributed by atoms with E-state index in [1.54, 1.807) is 0 Å². The molecule has 2 nitrogen and oxygen atoms in total. The molecule has 5 fully saturated rings. The molecule has 0 aromatic rings. The first-order valence-electron chi connectivity index (χ1n) is 11.0. The van der Waals surface area contributed by atoms with Gasteiger partial charge < -0.3 is 5.32 Å². The minimum atomic E-state index is 0.241. The van der Waals surface area contributed by atoms with Gasteiger partial charge >= 0.3 is 0 Å². The van der Waals surface area contributed by atoms with Crippen LogP contribution in [0.2, 0.25) is 0 Å². The predicted octanol–water partition coefficient (Wildman–Crippen LogP) is 5.75. The lowest BCUT2D eigenvalue weighted by atomic mass is 9.35. The Bertz CT molecular complexity index is 421. The van der Waals surface area contributed by atoms with Crippen molar-refractivity contribution in [1.29, 1.82) is 0 Å². The van der Waals surface area contributed by atoms with Gasteiger partial charge in [-0.1, -0.05) is 57.8 Å². The first-order valence-corrected chi connectivity index (χ1v) is 11.0. The maximum Gasteiger partial charge on any atom is 0.220 e. The summed E-state index contributed by atoms with van der Waals surface area (Å²) in [6.45, 7) is 0. The van der Waals surface area contributed by atoms with Crippen LogP contribution in [0.15, 0.2) is 0 Å². The number of hydrogen-bond acceptors (Lipinski definition) is 1. The smallest absolute Gasteiger partial charge is 0.220 e. The maximum atomic E-state index is 12.6. The molecular weight excluding hydrogens is 294 g/mol. The van der Waals surface area contributed by atoms with Crippen molar-refractivity contribution >= 4 is 5.91 Å². The van der Waals surface area contributed by atoms with Gasteiger partial charge in [-0.25, -0.2) is 0 Å². The summed E-state index contributed by atoms with van der Waals surface area (Å²) in [6, 6.07) is 0. The largest absolute Gasteiger partial charge is 0.351 e. The van der Waals surface area contributed by atoms with Gasteiger partial charge in [-0.3, -0.25) is 4.79 Å². The SMILES string of the molecule is O=C(CC1CCCCCCC1)NC12CC(C3CCCCCC3)(C1)C2. The molecule has 5 aliphatic carbocycles. The van der Waals surface area contributed by atoms with Crippen molar-refractivity contribution in [3.05, 3.63) is 0 Å². The summed E-state index contributed by atoms with van der Waals surface area (Å²) in [6.07, 6.45) is 22.9. The monoisotopic (exact) mass is 331 g/mol. The molecule has 5 rings (SSSR count). The fourth-order valence-electron chi connectivity index (χ4n) is 6.68. The molecule has 1 amide bonds. The highest BCUT2D eigenvalue weighted by atomic mass is 16.1. The zero-order valence-corrected chi connectivity index (χ0v) is 15.6. The van der Waals surface area contributed by atoms with Crippen LogP contribution in [0.25, 0.3) is 0 Å². The Kier molecular flexibility index (Phi) is 4.93. The molecule has 0 atom stereocenters. The summed E-state index contributed by atoms with van der Waals surface area (Å²) in [5.41, 5.74) is 0.892. The zero-order valence-electron chi connectivity index (χ0n) is 15.6. The number of nitrogens with one attached hydrogen (secondary N) is 1. The number of rotatable bonds is 4. The molecule has 2 bridgehead atoms. The van der Waals surface area contributed by atoms with E-state index >= 15 is 0 Å². The third-order valence-corrected chi connectivity index (χ3v) is 7.90. The first kappa shape index (κ1) is 16.9. The molecule has 24 heavy (non-hydrogen) atoms. The van der Waals surface area contributed by atoms with E-state index in [2.05, 4.69) is 5.32 Å². The summed E-state index contributed by atoms with van der Waals surface area (Å²) >= 11 is 0. The fourth-order valence-corrected chi connectivity index (χ4v) is 6.68. The molecule has 0 aliphatic heterocycles. The highest BCUT2D eigenvalue weighted by molar-refractivity contribution is 5.77. The Morgan fingerprint density at radius 2 is 1.25 bits per heavy atom. The van der Waals surface area contributed by atoms with Gasteiger partial charge in [0.15, 0.2) is 0 Å². The average molecular weight is 332 g/mol. The molecule has 5 saturated carbocycles.